The number of benzene rings is 1. The van der Waals surface area contributed by atoms with Gasteiger partial charge in [-0.15, -0.1) is 0 Å². The summed E-state index contributed by atoms with van der Waals surface area (Å²) in [5.41, 5.74) is 1.74. The van der Waals surface area contributed by atoms with Gasteiger partial charge in [0.25, 0.3) is 11.8 Å². The van der Waals surface area contributed by atoms with E-state index < -0.39 is 20.1 Å². The second-order valence-electron chi connectivity index (χ2n) is 8.99. The molecule has 3 rings (SSSR count). The minimum Gasteiger partial charge on any atom is -0.546 e. The van der Waals surface area contributed by atoms with E-state index in [9.17, 15) is 19.8 Å². The minimum atomic E-state index is -2.07. The van der Waals surface area contributed by atoms with E-state index in [2.05, 4.69) is 33.9 Å². The molecule has 146 valence electrons. The molecule has 0 radical (unpaired) electrons. The van der Waals surface area contributed by atoms with Gasteiger partial charge in [0.05, 0.1) is 16.9 Å². The van der Waals surface area contributed by atoms with E-state index >= 15 is 0 Å². The fourth-order valence-electron chi connectivity index (χ4n) is 3.31. The Hall–Kier alpha value is -2.28. The van der Waals surface area contributed by atoms with E-state index in [1.54, 1.807) is 0 Å². The zero-order chi connectivity index (χ0) is 20.5. The maximum Gasteiger partial charge on any atom is 0.265 e. The third-order valence-electron chi connectivity index (χ3n) is 6.14. The molecule has 0 unspecified atom stereocenters. The zero-order valence-electron chi connectivity index (χ0n) is 17.0. The molecule has 1 aromatic carbocycles. The maximum absolute atomic E-state index is 12.4. The summed E-state index contributed by atoms with van der Waals surface area (Å²) in [7, 11) is -0.728. The average molecular weight is 390 g/mol. The van der Waals surface area contributed by atoms with E-state index in [1.807, 2.05) is 6.92 Å². The van der Waals surface area contributed by atoms with E-state index in [0.29, 0.717) is 24.0 Å². The normalized spacial score (nSPS) is 17.4. The van der Waals surface area contributed by atoms with Gasteiger partial charge in [-0.25, -0.2) is 0 Å². The van der Waals surface area contributed by atoms with Crippen LogP contribution in [0.3, 0.4) is 0 Å². The lowest BCUT2D eigenvalue weighted by atomic mass is 9.86. The number of nitrogens with zero attached hydrogens (tertiary/aromatic N) is 1. The van der Waals surface area contributed by atoms with Gasteiger partial charge in [-0.05, 0) is 30.6 Å². The van der Waals surface area contributed by atoms with Crippen molar-refractivity contribution in [1.29, 1.82) is 0 Å². The summed E-state index contributed by atoms with van der Waals surface area (Å²) in [6.07, 6.45) is 0.669. The summed E-state index contributed by atoms with van der Waals surface area (Å²) >= 11 is 0. The van der Waals surface area contributed by atoms with E-state index in [1.165, 1.54) is 7.05 Å². The van der Waals surface area contributed by atoms with Crippen LogP contribution in [-0.4, -0.2) is 42.3 Å². The molecule has 1 aliphatic heterocycles. The minimum absolute atomic E-state index is 0.0216. The van der Waals surface area contributed by atoms with E-state index in [4.69, 9.17) is 4.43 Å². The summed E-state index contributed by atoms with van der Waals surface area (Å²) in [5.74, 6) is -0.816. The third-order valence-corrected chi connectivity index (χ3v) is 10.5. The van der Waals surface area contributed by atoms with Crippen molar-refractivity contribution in [1.82, 2.24) is 4.90 Å². The number of phenolic OH excluding ortho intramolecular Hbond substituents is 2. The molecule has 0 aromatic heterocycles. The maximum atomic E-state index is 12.4. The summed E-state index contributed by atoms with van der Waals surface area (Å²) in [6, 6.07) is 0. The first-order valence-corrected chi connectivity index (χ1v) is 12.0. The van der Waals surface area contributed by atoms with Gasteiger partial charge in [-0.2, -0.15) is 0 Å². The molecular formula is C20H27NO5Si. The number of fused-ring (bicyclic) bond motifs is 2. The topological polar surface area (TPSA) is 87.1 Å². The number of hydrogen-bond acceptors (Lipinski definition) is 5. The van der Waals surface area contributed by atoms with Crippen LogP contribution in [0.4, 0.5) is 0 Å². The number of amides is 2. The molecule has 0 fully saturated rings. The van der Waals surface area contributed by atoms with Gasteiger partial charge < -0.3 is 14.6 Å². The van der Waals surface area contributed by atoms with Gasteiger partial charge in [-0.3, -0.25) is 14.5 Å². The van der Waals surface area contributed by atoms with Crippen molar-refractivity contribution in [2.24, 2.45) is 0 Å². The molecule has 1 aromatic rings. The molecule has 6 nitrogen and oxygen atoms in total. The van der Waals surface area contributed by atoms with Crippen molar-refractivity contribution in [2.75, 3.05) is 7.05 Å². The van der Waals surface area contributed by atoms with Crippen molar-refractivity contribution < 1.29 is 24.2 Å². The smallest absolute Gasteiger partial charge is 0.265 e. The Balaban J connectivity index is 2.09. The summed E-state index contributed by atoms with van der Waals surface area (Å²) in [6.45, 7) is 12.7. The number of allylic oxidation sites excluding steroid dienone is 2. The standard InChI is InChI=1S/C20H27NO5Si/c1-10-8-11-12(9-13(10)26-27(6,7)20(2,3)4)17(23)15-14(16(11)22)18(24)21(5)19(15)25/h22-23H,8-9H2,1-7H3. The van der Waals surface area contributed by atoms with Gasteiger partial charge in [0.2, 0.25) is 8.32 Å². The van der Waals surface area contributed by atoms with Crippen LogP contribution in [0.25, 0.3) is 0 Å². The Morgan fingerprint density at radius 2 is 1.41 bits per heavy atom. The molecule has 0 atom stereocenters. The van der Waals surface area contributed by atoms with Gasteiger partial charge in [0, 0.05) is 31.0 Å². The number of aromatic hydroxyl groups is 2. The first kappa shape index (κ1) is 19.5. The molecule has 2 amide bonds. The van der Waals surface area contributed by atoms with Crippen LogP contribution in [0, 0.1) is 0 Å². The molecule has 0 saturated heterocycles. The first-order valence-electron chi connectivity index (χ1n) is 9.07. The molecule has 27 heavy (non-hydrogen) atoms. The third kappa shape index (κ3) is 2.76. The van der Waals surface area contributed by atoms with Crippen LogP contribution < -0.4 is 0 Å². The van der Waals surface area contributed by atoms with Crippen molar-refractivity contribution >= 4 is 20.1 Å². The van der Waals surface area contributed by atoms with Gasteiger partial charge in [0.15, 0.2) is 0 Å². The lowest BCUT2D eigenvalue weighted by Crippen LogP contribution is -2.41. The molecule has 0 saturated carbocycles. The van der Waals surface area contributed by atoms with E-state index in [0.717, 1.165) is 16.2 Å². The largest absolute Gasteiger partial charge is 0.546 e. The summed E-state index contributed by atoms with van der Waals surface area (Å²) < 4.78 is 6.46. The van der Waals surface area contributed by atoms with Crippen molar-refractivity contribution in [3.05, 3.63) is 33.6 Å². The number of imide groups is 1. The number of phenols is 2. The fraction of sp³-hybridized carbons (Fsp3) is 0.500. The Labute approximate surface area is 160 Å². The lowest BCUT2D eigenvalue weighted by Gasteiger charge is -2.39. The molecule has 1 aliphatic carbocycles. The Kier molecular flexibility index (Phi) is 4.22. The second kappa shape index (κ2) is 5.86. The predicted octanol–water partition coefficient (Wildman–Crippen LogP) is 3.72. The van der Waals surface area contributed by atoms with Crippen LogP contribution in [0.2, 0.25) is 18.1 Å². The van der Waals surface area contributed by atoms with Crippen LogP contribution in [-0.2, 0) is 17.3 Å². The molecule has 2 aliphatic rings. The second-order valence-corrected chi connectivity index (χ2v) is 13.7. The van der Waals surface area contributed by atoms with Crippen molar-refractivity contribution in [3.63, 3.8) is 0 Å². The Bertz CT molecular complexity index is 908. The first-order chi connectivity index (χ1) is 12.3. The number of carbonyl (C=O) groups excluding carboxylic acids is 2. The van der Waals surface area contributed by atoms with Gasteiger partial charge in [0.1, 0.15) is 11.5 Å². The quantitative estimate of drug-likeness (QED) is 0.457. The Morgan fingerprint density at radius 1 is 0.963 bits per heavy atom. The SMILES string of the molecule is CC1=C(O[Si](C)(C)C(C)(C)C)Cc2c(O)c3c(c(O)c2C1)C(=O)N(C)C3=O. The highest BCUT2D eigenvalue weighted by atomic mass is 28.4. The molecule has 0 spiro atoms. The van der Waals surface area contributed by atoms with Crippen molar-refractivity contribution in [2.45, 2.75) is 58.7 Å². The molecule has 1 heterocycles. The monoisotopic (exact) mass is 389 g/mol. The zero-order valence-corrected chi connectivity index (χ0v) is 18.0. The fourth-order valence-corrected chi connectivity index (χ4v) is 4.48. The Morgan fingerprint density at radius 3 is 1.85 bits per heavy atom. The lowest BCUT2D eigenvalue weighted by molar-refractivity contribution is 0.0691. The highest BCUT2D eigenvalue weighted by Crippen LogP contribution is 2.47. The number of carbonyl (C=O) groups is 2. The van der Waals surface area contributed by atoms with Gasteiger partial charge >= 0.3 is 0 Å². The number of rotatable bonds is 2. The van der Waals surface area contributed by atoms with Crippen LogP contribution in [0.5, 0.6) is 11.5 Å². The van der Waals surface area contributed by atoms with Crippen molar-refractivity contribution in [3.8, 4) is 11.5 Å². The van der Waals surface area contributed by atoms with Crippen LogP contribution in [0.1, 0.15) is 59.5 Å². The molecule has 0 bridgehead atoms. The summed E-state index contributed by atoms with van der Waals surface area (Å²) in [4.78, 5) is 25.6. The molecule has 7 heteroatoms. The van der Waals surface area contributed by atoms with Crippen LogP contribution >= 0.6 is 0 Å². The van der Waals surface area contributed by atoms with E-state index in [-0.39, 0.29) is 27.7 Å². The average Bonchev–Trinajstić information content (AvgIpc) is 2.77. The summed E-state index contributed by atoms with van der Waals surface area (Å²) in [5, 5.41) is 21.5. The van der Waals surface area contributed by atoms with Gasteiger partial charge in [-0.1, -0.05) is 20.8 Å². The highest BCUT2D eigenvalue weighted by Gasteiger charge is 2.43. The van der Waals surface area contributed by atoms with Crippen LogP contribution in [0.15, 0.2) is 11.3 Å². The molecular weight excluding hydrogens is 362 g/mol. The molecule has 2 N–H and O–H groups in total. The highest BCUT2D eigenvalue weighted by molar-refractivity contribution is 6.74. The number of hydrogen-bond donors (Lipinski definition) is 2. The predicted molar refractivity (Wildman–Crippen MR) is 105 cm³/mol.